The monoisotopic (exact) mass is 258 g/mol. The molecule has 0 aliphatic rings. The fraction of sp³-hybridized carbons (Fsp3) is 0. The maximum atomic E-state index is 10.8. The van der Waals surface area contributed by atoms with Gasteiger partial charge < -0.3 is 15.2 Å². The minimum Gasteiger partial charge on any atom is -0.545 e. The van der Waals surface area contributed by atoms with Crippen LogP contribution in [0.25, 0.3) is 0 Å². The third-order valence-corrected chi connectivity index (χ3v) is 2.37. The number of anilines is 2. The molecule has 0 fully saturated rings. The van der Waals surface area contributed by atoms with Gasteiger partial charge in [-0.05, 0) is 23.8 Å². The van der Waals surface area contributed by atoms with Crippen LogP contribution >= 0.6 is 0 Å². The van der Waals surface area contributed by atoms with Crippen LogP contribution in [0.2, 0.25) is 0 Å². The Labute approximate surface area is 107 Å². The molecule has 96 valence electrons. The summed E-state index contributed by atoms with van der Waals surface area (Å²) in [5, 5.41) is 24.3. The first-order chi connectivity index (χ1) is 9.08. The molecule has 1 aromatic carbocycles. The molecule has 0 aliphatic carbocycles. The molecule has 1 N–H and O–H groups in total. The van der Waals surface area contributed by atoms with E-state index in [4.69, 9.17) is 0 Å². The number of benzene rings is 1. The molecule has 7 nitrogen and oxygen atoms in total. The Hall–Kier alpha value is -2.96. The normalized spacial score (nSPS) is 9.89. The number of carbonyl (C=O) groups is 1. The maximum absolute atomic E-state index is 10.8. The summed E-state index contributed by atoms with van der Waals surface area (Å²) >= 11 is 0. The molecule has 0 bridgehead atoms. The summed E-state index contributed by atoms with van der Waals surface area (Å²) in [6.45, 7) is 0. The van der Waals surface area contributed by atoms with Crippen LogP contribution < -0.4 is 10.4 Å². The summed E-state index contributed by atoms with van der Waals surface area (Å²) in [5.41, 5.74) is 0.439. The molecule has 0 saturated carbocycles. The van der Waals surface area contributed by atoms with Crippen LogP contribution in [0.5, 0.6) is 0 Å². The van der Waals surface area contributed by atoms with Crippen molar-refractivity contribution < 1.29 is 14.8 Å². The zero-order chi connectivity index (χ0) is 13.8. The van der Waals surface area contributed by atoms with E-state index in [1.807, 2.05) is 0 Å². The molecule has 0 saturated heterocycles. The Kier molecular flexibility index (Phi) is 3.37. The van der Waals surface area contributed by atoms with Crippen molar-refractivity contribution in [1.82, 2.24) is 4.98 Å². The first kappa shape index (κ1) is 12.5. The van der Waals surface area contributed by atoms with E-state index in [0.29, 0.717) is 5.69 Å². The SMILES string of the molecule is O=C([O-])c1cccc(Nc2ccncc2[N+](=O)[O-])c1. The van der Waals surface area contributed by atoms with Crippen molar-refractivity contribution in [2.24, 2.45) is 0 Å². The minimum absolute atomic E-state index is 0.0123. The summed E-state index contributed by atoms with van der Waals surface area (Å²) in [5.74, 6) is -1.31. The standard InChI is InChI=1S/C12H9N3O4/c16-12(17)8-2-1-3-9(6-8)14-10-4-5-13-7-11(10)15(18)19/h1-7H,(H,13,14)(H,16,17)/p-1. The van der Waals surface area contributed by atoms with Gasteiger partial charge >= 0.3 is 5.69 Å². The van der Waals surface area contributed by atoms with Crippen molar-refractivity contribution >= 4 is 23.0 Å². The summed E-state index contributed by atoms with van der Waals surface area (Å²) in [6, 6.07) is 7.25. The Balaban J connectivity index is 2.34. The quantitative estimate of drug-likeness (QED) is 0.649. The predicted molar refractivity (Wildman–Crippen MR) is 64.9 cm³/mol. The Morgan fingerprint density at radius 3 is 2.79 bits per heavy atom. The molecule has 1 aromatic heterocycles. The lowest BCUT2D eigenvalue weighted by molar-refractivity contribution is -0.384. The number of carboxylic acid groups (broad SMARTS) is 1. The van der Waals surface area contributed by atoms with Crippen LogP contribution in [0.3, 0.4) is 0 Å². The fourth-order valence-corrected chi connectivity index (χ4v) is 1.52. The van der Waals surface area contributed by atoms with Gasteiger partial charge in [-0.1, -0.05) is 12.1 Å². The lowest BCUT2D eigenvalue weighted by Gasteiger charge is -2.09. The lowest BCUT2D eigenvalue weighted by atomic mass is 10.2. The van der Waals surface area contributed by atoms with Crippen LogP contribution in [-0.4, -0.2) is 15.9 Å². The molecule has 2 rings (SSSR count). The Morgan fingerprint density at radius 2 is 2.11 bits per heavy atom. The van der Waals surface area contributed by atoms with Crippen LogP contribution in [-0.2, 0) is 0 Å². The van der Waals surface area contributed by atoms with E-state index in [1.165, 1.54) is 30.5 Å². The number of rotatable bonds is 4. The van der Waals surface area contributed by atoms with Gasteiger partial charge in [0.15, 0.2) is 0 Å². The molecular formula is C12H8N3O4-. The zero-order valence-electron chi connectivity index (χ0n) is 9.57. The van der Waals surface area contributed by atoms with Crippen molar-refractivity contribution in [1.29, 1.82) is 0 Å². The van der Waals surface area contributed by atoms with Crippen LogP contribution in [0.1, 0.15) is 10.4 Å². The van der Waals surface area contributed by atoms with Crippen molar-refractivity contribution in [3.63, 3.8) is 0 Å². The number of pyridine rings is 1. The van der Waals surface area contributed by atoms with Crippen LogP contribution in [0.4, 0.5) is 17.1 Å². The number of nitro groups is 1. The van der Waals surface area contributed by atoms with E-state index in [0.717, 1.165) is 6.20 Å². The number of carbonyl (C=O) groups excluding carboxylic acids is 1. The molecule has 19 heavy (non-hydrogen) atoms. The second-order valence-corrected chi connectivity index (χ2v) is 3.64. The van der Waals surface area contributed by atoms with Gasteiger partial charge in [0, 0.05) is 11.9 Å². The highest BCUT2D eigenvalue weighted by molar-refractivity contribution is 5.87. The van der Waals surface area contributed by atoms with Crippen molar-refractivity contribution in [2.45, 2.75) is 0 Å². The highest BCUT2D eigenvalue weighted by Gasteiger charge is 2.13. The van der Waals surface area contributed by atoms with E-state index < -0.39 is 10.9 Å². The van der Waals surface area contributed by atoms with Crippen LogP contribution in [0, 0.1) is 10.1 Å². The summed E-state index contributed by atoms with van der Waals surface area (Å²) in [6.07, 6.45) is 2.52. The molecule has 0 unspecified atom stereocenters. The smallest absolute Gasteiger partial charge is 0.310 e. The van der Waals surface area contributed by atoms with E-state index >= 15 is 0 Å². The van der Waals surface area contributed by atoms with Gasteiger partial charge in [-0.2, -0.15) is 0 Å². The molecule has 0 amide bonds. The van der Waals surface area contributed by atoms with Gasteiger partial charge in [0.05, 0.1) is 10.9 Å². The average Bonchev–Trinajstić information content (AvgIpc) is 2.39. The topological polar surface area (TPSA) is 108 Å². The molecule has 0 spiro atoms. The van der Waals surface area contributed by atoms with Gasteiger partial charge in [-0.25, -0.2) is 0 Å². The fourth-order valence-electron chi connectivity index (χ4n) is 1.52. The van der Waals surface area contributed by atoms with E-state index in [9.17, 15) is 20.0 Å². The highest BCUT2D eigenvalue weighted by atomic mass is 16.6. The Bertz CT molecular complexity index is 642. The molecular weight excluding hydrogens is 250 g/mol. The number of carboxylic acids is 1. The molecule has 0 atom stereocenters. The molecule has 1 heterocycles. The van der Waals surface area contributed by atoms with Crippen molar-refractivity contribution in [3.8, 4) is 0 Å². The molecule has 0 aliphatic heterocycles. The third-order valence-electron chi connectivity index (χ3n) is 2.37. The number of aromatic nitrogens is 1. The predicted octanol–water partition coefficient (Wildman–Crippen LogP) is 1.10. The van der Waals surface area contributed by atoms with E-state index in [-0.39, 0.29) is 16.9 Å². The van der Waals surface area contributed by atoms with Gasteiger partial charge in [-0.15, -0.1) is 0 Å². The van der Waals surface area contributed by atoms with Crippen LogP contribution in [0.15, 0.2) is 42.7 Å². The number of aromatic carboxylic acids is 1. The molecule has 0 radical (unpaired) electrons. The lowest BCUT2D eigenvalue weighted by Crippen LogP contribution is -2.22. The molecule has 2 aromatic rings. The number of nitrogens with zero attached hydrogens (tertiary/aromatic N) is 2. The summed E-state index contributed by atoms with van der Waals surface area (Å²) in [7, 11) is 0. The summed E-state index contributed by atoms with van der Waals surface area (Å²) in [4.78, 5) is 24.6. The number of nitrogens with one attached hydrogen (secondary N) is 1. The second-order valence-electron chi connectivity index (χ2n) is 3.64. The van der Waals surface area contributed by atoms with E-state index in [2.05, 4.69) is 10.3 Å². The van der Waals surface area contributed by atoms with Crippen molar-refractivity contribution in [2.75, 3.05) is 5.32 Å². The minimum atomic E-state index is -1.31. The second kappa shape index (κ2) is 5.13. The highest BCUT2D eigenvalue weighted by Crippen LogP contribution is 2.26. The van der Waals surface area contributed by atoms with Gasteiger partial charge in [-0.3, -0.25) is 15.1 Å². The first-order valence-electron chi connectivity index (χ1n) is 5.25. The Morgan fingerprint density at radius 1 is 1.32 bits per heavy atom. The van der Waals surface area contributed by atoms with Gasteiger partial charge in [0.1, 0.15) is 11.9 Å². The van der Waals surface area contributed by atoms with Gasteiger partial charge in [0.25, 0.3) is 0 Å². The summed E-state index contributed by atoms with van der Waals surface area (Å²) < 4.78 is 0. The largest absolute Gasteiger partial charge is 0.545 e. The van der Waals surface area contributed by atoms with E-state index in [1.54, 1.807) is 6.07 Å². The molecule has 7 heteroatoms. The maximum Gasteiger partial charge on any atom is 0.310 e. The zero-order valence-corrected chi connectivity index (χ0v) is 9.57. The average molecular weight is 258 g/mol. The first-order valence-corrected chi connectivity index (χ1v) is 5.25. The van der Waals surface area contributed by atoms with Crippen molar-refractivity contribution in [3.05, 3.63) is 58.4 Å². The third kappa shape index (κ3) is 2.83. The number of hydrogen-bond donors (Lipinski definition) is 1. The van der Waals surface area contributed by atoms with Gasteiger partial charge in [0.2, 0.25) is 0 Å². The number of hydrogen-bond acceptors (Lipinski definition) is 6.